The number of carbonyl (C=O) groups excluding carboxylic acids is 1. The molecular formula is C23H19F3N2O4. The van der Waals surface area contributed by atoms with Gasteiger partial charge in [0.2, 0.25) is 5.88 Å². The third-order valence-electron chi connectivity index (χ3n) is 4.77. The van der Waals surface area contributed by atoms with Crippen molar-refractivity contribution in [3.63, 3.8) is 0 Å². The topological polar surface area (TPSA) is 94.6 Å². The lowest BCUT2D eigenvalue weighted by molar-refractivity contribution is -0.274. The van der Waals surface area contributed by atoms with Gasteiger partial charge in [-0.25, -0.2) is 4.79 Å². The molecular weight excluding hydrogens is 425 g/mol. The third-order valence-corrected chi connectivity index (χ3v) is 4.77. The first-order chi connectivity index (χ1) is 15.1. The zero-order valence-electron chi connectivity index (χ0n) is 17.2. The van der Waals surface area contributed by atoms with Crippen LogP contribution in [-0.4, -0.2) is 18.9 Å². The fourth-order valence-corrected chi connectivity index (χ4v) is 3.41. The second-order valence-electron chi connectivity index (χ2n) is 6.81. The van der Waals surface area contributed by atoms with E-state index in [9.17, 15) is 23.2 Å². The second kappa shape index (κ2) is 9.06. The molecule has 0 bridgehead atoms. The van der Waals surface area contributed by atoms with Crippen molar-refractivity contribution in [1.29, 1.82) is 5.26 Å². The second-order valence-corrected chi connectivity index (χ2v) is 6.81. The molecule has 0 saturated heterocycles. The number of halogens is 3. The van der Waals surface area contributed by atoms with Crippen molar-refractivity contribution in [3.05, 3.63) is 76.9 Å². The van der Waals surface area contributed by atoms with Crippen LogP contribution in [0, 0.1) is 11.3 Å². The molecule has 1 heterocycles. The van der Waals surface area contributed by atoms with Crippen molar-refractivity contribution >= 4 is 5.97 Å². The maximum Gasteiger partial charge on any atom is 0.573 e. The third kappa shape index (κ3) is 4.86. The summed E-state index contributed by atoms with van der Waals surface area (Å²) in [6, 6.07) is 14.3. The van der Waals surface area contributed by atoms with E-state index in [1.165, 1.54) is 24.3 Å². The number of carbonyl (C=O) groups is 1. The van der Waals surface area contributed by atoms with Crippen molar-refractivity contribution in [1.82, 2.24) is 0 Å². The van der Waals surface area contributed by atoms with E-state index in [0.717, 1.165) is 0 Å². The van der Waals surface area contributed by atoms with Crippen LogP contribution in [0.4, 0.5) is 13.2 Å². The Morgan fingerprint density at radius 3 is 2.19 bits per heavy atom. The Balaban J connectivity index is 1.94. The van der Waals surface area contributed by atoms with Crippen LogP contribution in [0.25, 0.3) is 11.1 Å². The lowest BCUT2D eigenvalue weighted by Crippen LogP contribution is -2.25. The van der Waals surface area contributed by atoms with Gasteiger partial charge in [0.1, 0.15) is 23.2 Å². The highest BCUT2D eigenvalue weighted by molar-refractivity contribution is 5.92. The smallest absolute Gasteiger partial charge is 0.463 e. The number of hydrogen-bond donors (Lipinski definition) is 1. The molecule has 3 rings (SSSR count). The fraction of sp³-hybridized carbons (Fsp3) is 0.217. The monoisotopic (exact) mass is 444 g/mol. The average molecular weight is 444 g/mol. The summed E-state index contributed by atoms with van der Waals surface area (Å²) in [5, 5.41) is 9.61. The van der Waals surface area contributed by atoms with Gasteiger partial charge >= 0.3 is 12.3 Å². The Labute approximate surface area is 182 Å². The maximum atomic E-state index is 12.6. The van der Waals surface area contributed by atoms with Gasteiger partial charge in [-0.1, -0.05) is 36.4 Å². The van der Waals surface area contributed by atoms with Gasteiger partial charge in [0.25, 0.3) is 0 Å². The molecule has 1 aliphatic rings. The molecule has 0 aliphatic carbocycles. The van der Waals surface area contributed by atoms with E-state index in [4.69, 9.17) is 15.2 Å². The molecule has 2 aromatic carbocycles. The first-order valence-electron chi connectivity index (χ1n) is 9.56. The maximum absolute atomic E-state index is 12.6. The first-order valence-corrected chi connectivity index (χ1v) is 9.56. The number of alkyl halides is 3. The van der Waals surface area contributed by atoms with Gasteiger partial charge in [-0.2, -0.15) is 5.26 Å². The minimum absolute atomic E-state index is 0.0834. The number of nitriles is 1. The molecule has 0 amide bonds. The van der Waals surface area contributed by atoms with E-state index in [1.807, 2.05) is 6.07 Å². The zero-order valence-corrected chi connectivity index (χ0v) is 17.2. The van der Waals surface area contributed by atoms with E-state index in [2.05, 4.69) is 4.74 Å². The molecule has 9 heteroatoms. The summed E-state index contributed by atoms with van der Waals surface area (Å²) in [5.74, 6) is -1.55. The SMILES string of the molecule is CCOC(=O)C1=C(C)OC(N)=C(C#N)C1c1ccc(-c2ccc(OC(F)(F)F)cc2)cc1. The van der Waals surface area contributed by atoms with Crippen LogP contribution < -0.4 is 10.5 Å². The molecule has 0 spiro atoms. The summed E-state index contributed by atoms with van der Waals surface area (Å²) in [7, 11) is 0. The Hall–Kier alpha value is -3.93. The predicted octanol–water partition coefficient (Wildman–Crippen LogP) is 4.90. The lowest BCUT2D eigenvalue weighted by Gasteiger charge is -2.27. The molecule has 1 unspecified atom stereocenters. The van der Waals surface area contributed by atoms with Crippen molar-refractivity contribution in [2.24, 2.45) is 5.73 Å². The number of benzene rings is 2. The fourth-order valence-electron chi connectivity index (χ4n) is 3.41. The van der Waals surface area contributed by atoms with E-state index >= 15 is 0 Å². The first kappa shape index (κ1) is 22.7. The number of esters is 1. The molecule has 1 atom stereocenters. The highest BCUT2D eigenvalue weighted by Gasteiger charge is 2.36. The number of allylic oxidation sites excluding steroid dienone is 2. The highest BCUT2D eigenvalue weighted by atomic mass is 19.4. The van der Waals surface area contributed by atoms with Crippen LogP contribution in [0.15, 0.2) is 71.3 Å². The van der Waals surface area contributed by atoms with Crippen molar-refractivity contribution < 1.29 is 32.2 Å². The largest absolute Gasteiger partial charge is 0.573 e. The standard InChI is InChI=1S/C23H19F3N2O4/c1-3-30-22(29)19-13(2)31-21(28)18(12-27)20(19)16-6-4-14(5-7-16)15-8-10-17(11-9-15)32-23(24,25)26/h4-11,20H,3,28H2,1-2H3. The minimum Gasteiger partial charge on any atom is -0.463 e. The van der Waals surface area contributed by atoms with Crippen molar-refractivity contribution in [2.75, 3.05) is 6.61 Å². The van der Waals surface area contributed by atoms with Gasteiger partial charge < -0.3 is 19.9 Å². The number of hydrogen-bond acceptors (Lipinski definition) is 6. The molecule has 2 aromatic rings. The van der Waals surface area contributed by atoms with Crippen LogP contribution >= 0.6 is 0 Å². The Bertz CT molecular complexity index is 1110. The van der Waals surface area contributed by atoms with Crippen LogP contribution in [0.3, 0.4) is 0 Å². The molecule has 0 fully saturated rings. The summed E-state index contributed by atoms with van der Waals surface area (Å²) < 4.78 is 51.4. The van der Waals surface area contributed by atoms with Gasteiger partial charge in [0.15, 0.2) is 0 Å². The van der Waals surface area contributed by atoms with Crippen molar-refractivity contribution in [2.45, 2.75) is 26.1 Å². The molecule has 166 valence electrons. The van der Waals surface area contributed by atoms with Crippen LogP contribution in [0.5, 0.6) is 5.75 Å². The van der Waals surface area contributed by atoms with E-state index in [-0.39, 0.29) is 35.1 Å². The zero-order chi connectivity index (χ0) is 23.5. The molecule has 0 aromatic heterocycles. The molecule has 32 heavy (non-hydrogen) atoms. The number of rotatable bonds is 5. The summed E-state index contributed by atoms with van der Waals surface area (Å²) in [6.45, 7) is 3.39. The van der Waals surface area contributed by atoms with Gasteiger partial charge in [-0.15, -0.1) is 13.2 Å². The summed E-state index contributed by atoms with van der Waals surface area (Å²) in [4.78, 5) is 12.6. The highest BCUT2D eigenvalue weighted by Crippen LogP contribution is 2.40. The Morgan fingerprint density at radius 1 is 1.12 bits per heavy atom. The minimum atomic E-state index is -4.76. The average Bonchev–Trinajstić information content (AvgIpc) is 2.73. The van der Waals surface area contributed by atoms with E-state index in [1.54, 1.807) is 38.1 Å². The van der Waals surface area contributed by atoms with Crippen LogP contribution in [-0.2, 0) is 14.3 Å². The molecule has 6 nitrogen and oxygen atoms in total. The number of nitrogens with zero attached hydrogens (tertiary/aromatic N) is 1. The Morgan fingerprint density at radius 2 is 1.69 bits per heavy atom. The van der Waals surface area contributed by atoms with E-state index in [0.29, 0.717) is 16.7 Å². The van der Waals surface area contributed by atoms with Gasteiger partial charge in [0.05, 0.1) is 18.1 Å². The number of nitrogens with two attached hydrogens (primary N) is 1. The lowest BCUT2D eigenvalue weighted by atomic mass is 9.82. The molecule has 0 saturated carbocycles. The molecule has 2 N–H and O–H groups in total. The summed E-state index contributed by atoms with van der Waals surface area (Å²) in [6.07, 6.45) is -4.76. The normalized spacial score (nSPS) is 16.3. The van der Waals surface area contributed by atoms with Crippen molar-refractivity contribution in [3.8, 4) is 22.9 Å². The summed E-state index contributed by atoms with van der Waals surface area (Å²) >= 11 is 0. The van der Waals surface area contributed by atoms with E-state index < -0.39 is 18.2 Å². The quantitative estimate of drug-likeness (QED) is 0.660. The van der Waals surface area contributed by atoms with Crippen LogP contribution in [0.1, 0.15) is 25.3 Å². The van der Waals surface area contributed by atoms with Gasteiger partial charge in [-0.3, -0.25) is 0 Å². The van der Waals surface area contributed by atoms with Gasteiger partial charge in [0, 0.05) is 0 Å². The van der Waals surface area contributed by atoms with Gasteiger partial charge in [-0.05, 0) is 42.7 Å². The molecule has 0 radical (unpaired) electrons. The Kier molecular flexibility index (Phi) is 6.44. The number of ether oxygens (including phenoxy) is 3. The molecule has 1 aliphatic heterocycles. The summed E-state index contributed by atoms with van der Waals surface area (Å²) in [5.41, 5.74) is 8.12. The van der Waals surface area contributed by atoms with Crippen LogP contribution in [0.2, 0.25) is 0 Å². The predicted molar refractivity (Wildman–Crippen MR) is 109 cm³/mol.